The molecule has 118 valence electrons. The first-order chi connectivity index (χ1) is 10.6. The van der Waals surface area contributed by atoms with Gasteiger partial charge in [-0.2, -0.15) is 0 Å². The number of hydrogen-bond donors (Lipinski definition) is 0. The SMILES string of the molecule is COCCN(CC(C)C)C(=O)c1cc2c(nc3sccn32)s1. The van der Waals surface area contributed by atoms with E-state index in [9.17, 15) is 4.79 Å². The highest BCUT2D eigenvalue weighted by Gasteiger charge is 2.21. The van der Waals surface area contributed by atoms with Gasteiger partial charge >= 0.3 is 0 Å². The van der Waals surface area contributed by atoms with Crippen LogP contribution < -0.4 is 0 Å². The molecule has 0 bridgehead atoms. The molecule has 22 heavy (non-hydrogen) atoms. The second kappa shape index (κ2) is 6.36. The van der Waals surface area contributed by atoms with Crippen LogP contribution in [0.25, 0.3) is 15.3 Å². The average molecular weight is 337 g/mol. The number of carbonyl (C=O) groups excluding carboxylic acids is 1. The Hall–Kier alpha value is -1.44. The number of fused-ring (bicyclic) bond motifs is 3. The summed E-state index contributed by atoms with van der Waals surface area (Å²) in [7, 11) is 1.66. The zero-order chi connectivity index (χ0) is 15.7. The zero-order valence-corrected chi connectivity index (χ0v) is 14.5. The fourth-order valence-electron chi connectivity index (χ4n) is 2.43. The molecule has 0 saturated heterocycles. The fraction of sp³-hybridized carbons (Fsp3) is 0.467. The van der Waals surface area contributed by atoms with Crippen LogP contribution in [-0.4, -0.2) is 47.0 Å². The van der Waals surface area contributed by atoms with Gasteiger partial charge in [0.05, 0.1) is 17.0 Å². The Morgan fingerprint density at radius 2 is 2.32 bits per heavy atom. The highest BCUT2D eigenvalue weighted by Crippen LogP contribution is 2.29. The molecule has 0 aromatic carbocycles. The molecule has 0 aliphatic heterocycles. The molecule has 3 heterocycles. The molecule has 0 saturated carbocycles. The van der Waals surface area contributed by atoms with E-state index in [1.54, 1.807) is 18.4 Å². The Kier molecular flexibility index (Phi) is 4.46. The molecule has 0 N–H and O–H groups in total. The molecule has 5 nitrogen and oxygen atoms in total. The van der Waals surface area contributed by atoms with Crippen LogP contribution in [0.15, 0.2) is 17.6 Å². The highest BCUT2D eigenvalue weighted by atomic mass is 32.1. The maximum atomic E-state index is 12.8. The van der Waals surface area contributed by atoms with Gasteiger partial charge in [0.25, 0.3) is 5.91 Å². The van der Waals surface area contributed by atoms with E-state index in [0.29, 0.717) is 19.1 Å². The van der Waals surface area contributed by atoms with Crippen LogP contribution in [0.5, 0.6) is 0 Å². The van der Waals surface area contributed by atoms with E-state index in [0.717, 1.165) is 26.7 Å². The molecule has 3 rings (SSSR count). The van der Waals surface area contributed by atoms with E-state index in [-0.39, 0.29) is 5.91 Å². The Bertz CT molecular complexity index is 787. The normalized spacial score (nSPS) is 11.8. The Labute approximate surface area is 137 Å². The van der Waals surface area contributed by atoms with Crippen LogP contribution in [-0.2, 0) is 4.74 Å². The monoisotopic (exact) mass is 337 g/mol. The molecule has 0 spiro atoms. The van der Waals surface area contributed by atoms with Crippen molar-refractivity contribution in [2.75, 3.05) is 26.8 Å². The van der Waals surface area contributed by atoms with Gasteiger partial charge in [0, 0.05) is 31.8 Å². The summed E-state index contributed by atoms with van der Waals surface area (Å²) in [6.07, 6.45) is 1.99. The lowest BCUT2D eigenvalue weighted by Gasteiger charge is -2.23. The van der Waals surface area contributed by atoms with E-state index in [2.05, 4.69) is 18.8 Å². The number of hydrogen-bond acceptors (Lipinski definition) is 5. The van der Waals surface area contributed by atoms with Crippen molar-refractivity contribution in [3.8, 4) is 0 Å². The second-order valence-corrected chi connectivity index (χ2v) is 7.51. The summed E-state index contributed by atoms with van der Waals surface area (Å²) in [4.78, 5) is 21.8. The van der Waals surface area contributed by atoms with Crippen molar-refractivity contribution in [3.05, 3.63) is 22.5 Å². The Morgan fingerprint density at radius 1 is 1.50 bits per heavy atom. The molecule has 0 radical (unpaired) electrons. The topological polar surface area (TPSA) is 46.8 Å². The van der Waals surface area contributed by atoms with E-state index in [4.69, 9.17) is 4.74 Å². The van der Waals surface area contributed by atoms with Gasteiger partial charge in [0.15, 0.2) is 4.96 Å². The predicted octanol–water partition coefficient (Wildman–Crippen LogP) is 3.36. The third-order valence-corrected chi connectivity index (χ3v) is 5.15. The maximum absolute atomic E-state index is 12.8. The van der Waals surface area contributed by atoms with E-state index < -0.39 is 0 Å². The van der Waals surface area contributed by atoms with Crippen molar-refractivity contribution in [2.45, 2.75) is 13.8 Å². The summed E-state index contributed by atoms with van der Waals surface area (Å²) in [5.74, 6) is 0.493. The number of carbonyl (C=O) groups is 1. The van der Waals surface area contributed by atoms with Gasteiger partial charge in [0.1, 0.15) is 4.83 Å². The summed E-state index contributed by atoms with van der Waals surface area (Å²) in [6, 6.07) is 1.95. The minimum Gasteiger partial charge on any atom is -0.383 e. The van der Waals surface area contributed by atoms with Gasteiger partial charge in [-0.25, -0.2) is 4.98 Å². The number of amides is 1. The summed E-state index contributed by atoms with van der Waals surface area (Å²) >= 11 is 3.07. The summed E-state index contributed by atoms with van der Waals surface area (Å²) in [6.45, 7) is 6.13. The maximum Gasteiger partial charge on any atom is 0.264 e. The number of ether oxygens (including phenoxy) is 1. The lowest BCUT2D eigenvalue weighted by molar-refractivity contribution is 0.0677. The molecule has 1 amide bonds. The number of imidazole rings is 1. The molecule has 0 aliphatic carbocycles. The lowest BCUT2D eigenvalue weighted by Crippen LogP contribution is -2.36. The Morgan fingerprint density at radius 3 is 3.05 bits per heavy atom. The quantitative estimate of drug-likeness (QED) is 0.693. The van der Waals surface area contributed by atoms with Crippen molar-refractivity contribution in [3.63, 3.8) is 0 Å². The first kappa shape index (κ1) is 15.5. The molecular weight excluding hydrogens is 318 g/mol. The molecule has 3 aromatic rings. The molecular formula is C15H19N3O2S2. The number of thiophene rings is 1. The van der Waals surface area contributed by atoms with Crippen LogP contribution in [0, 0.1) is 5.92 Å². The van der Waals surface area contributed by atoms with E-state index in [1.165, 1.54) is 11.3 Å². The van der Waals surface area contributed by atoms with Crippen LogP contribution >= 0.6 is 22.7 Å². The van der Waals surface area contributed by atoms with Gasteiger partial charge < -0.3 is 9.64 Å². The largest absolute Gasteiger partial charge is 0.383 e. The van der Waals surface area contributed by atoms with Gasteiger partial charge in [-0.3, -0.25) is 9.20 Å². The number of nitrogens with zero attached hydrogens (tertiary/aromatic N) is 3. The van der Waals surface area contributed by atoms with Gasteiger partial charge in [-0.05, 0) is 12.0 Å². The molecule has 0 unspecified atom stereocenters. The van der Waals surface area contributed by atoms with E-state index >= 15 is 0 Å². The molecule has 0 aliphatic rings. The van der Waals surface area contributed by atoms with Crippen LogP contribution in [0.1, 0.15) is 23.5 Å². The van der Waals surface area contributed by atoms with Crippen molar-refractivity contribution in [2.24, 2.45) is 5.92 Å². The molecule has 0 atom stereocenters. The minimum absolute atomic E-state index is 0.0673. The van der Waals surface area contributed by atoms with Gasteiger partial charge in [0.2, 0.25) is 0 Å². The first-order valence-electron chi connectivity index (χ1n) is 7.23. The standard InChI is InChI=1S/C15H19N3O2S2/c1-10(2)9-17(4-6-20-3)14(19)12-8-11-13(22-12)16-15-18(11)5-7-21-15/h5,7-8,10H,4,6,9H2,1-3H3. The number of methoxy groups -OCH3 is 1. The molecule has 0 fully saturated rings. The third-order valence-electron chi connectivity index (χ3n) is 3.39. The second-order valence-electron chi connectivity index (χ2n) is 5.61. The zero-order valence-electron chi connectivity index (χ0n) is 12.9. The van der Waals surface area contributed by atoms with Crippen molar-refractivity contribution in [1.82, 2.24) is 14.3 Å². The third kappa shape index (κ3) is 2.88. The summed E-state index contributed by atoms with van der Waals surface area (Å²) < 4.78 is 7.16. The number of thiazole rings is 1. The lowest BCUT2D eigenvalue weighted by atomic mass is 10.2. The smallest absolute Gasteiger partial charge is 0.264 e. The van der Waals surface area contributed by atoms with Crippen LogP contribution in [0.4, 0.5) is 0 Å². The highest BCUT2D eigenvalue weighted by molar-refractivity contribution is 7.21. The summed E-state index contributed by atoms with van der Waals surface area (Å²) in [5.41, 5.74) is 1.01. The van der Waals surface area contributed by atoms with Gasteiger partial charge in [-0.15, -0.1) is 22.7 Å². The predicted molar refractivity (Wildman–Crippen MR) is 91.1 cm³/mol. The number of rotatable bonds is 6. The van der Waals surface area contributed by atoms with Crippen LogP contribution in [0.2, 0.25) is 0 Å². The summed E-state index contributed by atoms with van der Waals surface area (Å²) in [5, 5.41) is 2.00. The average Bonchev–Trinajstić information content (AvgIpc) is 3.13. The first-order valence-corrected chi connectivity index (χ1v) is 8.93. The van der Waals surface area contributed by atoms with Gasteiger partial charge in [-0.1, -0.05) is 13.8 Å². The molecule has 7 heteroatoms. The van der Waals surface area contributed by atoms with Crippen molar-refractivity contribution >= 4 is 43.9 Å². The molecule has 3 aromatic heterocycles. The minimum atomic E-state index is 0.0673. The fourth-order valence-corrected chi connectivity index (χ4v) is 4.19. The number of aromatic nitrogens is 2. The van der Waals surface area contributed by atoms with Crippen molar-refractivity contribution < 1.29 is 9.53 Å². The van der Waals surface area contributed by atoms with Crippen molar-refractivity contribution in [1.29, 1.82) is 0 Å². The Balaban J connectivity index is 1.89. The van der Waals surface area contributed by atoms with E-state index in [1.807, 2.05) is 26.9 Å². The van der Waals surface area contributed by atoms with Crippen LogP contribution in [0.3, 0.4) is 0 Å².